The SMILES string of the molecule is CCOC(=O)CC(C)=O.O=C1CCCC1. The van der Waals surface area contributed by atoms with Crippen molar-refractivity contribution in [3.05, 3.63) is 0 Å². The molecule has 1 rings (SSSR count). The van der Waals surface area contributed by atoms with Gasteiger partial charge in [-0.15, -0.1) is 0 Å². The lowest BCUT2D eigenvalue weighted by Crippen LogP contribution is -2.07. The number of hydrogen-bond acceptors (Lipinski definition) is 4. The first kappa shape index (κ1) is 13.8. The summed E-state index contributed by atoms with van der Waals surface area (Å²) >= 11 is 0. The Kier molecular flexibility index (Phi) is 7.50. The molecule has 4 heteroatoms. The van der Waals surface area contributed by atoms with Crippen LogP contribution in [-0.4, -0.2) is 24.1 Å². The molecule has 0 aromatic rings. The highest BCUT2D eigenvalue weighted by molar-refractivity contribution is 5.94. The van der Waals surface area contributed by atoms with Gasteiger partial charge in [0, 0.05) is 12.8 Å². The Labute approximate surface area is 90.0 Å². The molecule has 0 atom stereocenters. The second-order valence-corrected chi connectivity index (χ2v) is 3.43. The van der Waals surface area contributed by atoms with Crippen LogP contribution < -0.4 is 0 Å². The van der Waals surface area contributed by atoms with Crippen molar-refractivity contribution in [2.75, 3.05) is 6.61 Å². The van der Waals surface area contributed by atoms with Gasteiger partial charge in [0.1, 0.15) is 18.0 Å². The van der Waals surface area contributed by atoms with Crippen molar-refractivity contribution >= 4 is 17.5 Å². The normalized spacial score (nSPS) is 14.1. The maximum Gasteiger partial charge on any atom is 0.313 e. The second-order valence-electron chi connectivity index (χ2n) is 3.43. The fourth-order valence-electron chi connectivity index (χ4n) is 1.18. The molecule has 1 fully saturated rings. The zero-order valence-electron chi connectivity index (χ0n) is 9.38. The summed E-state index contributed by atoms with van der Waals surface area (Å²) in [5, 5.41) is 0. The molecule has 0 aromatic heterocycles. The van der Waals surface area contributed by atoms with Crippen LogP contribution in [0.15, 0.2) is 0 Å². The van der Waals surface area contributed by atoms with E-state index >= 15 is 0 Å². The molecular formula is C11H18O4. The predicted octanol–water partition coefficient (Wildman–Crippen LogP) is 1.66. The average molecular weight is 214 g/mol. The highest BCUT2D eigenvalue weighted by Crippen LogP contribution is 2.11. The Balaban J connectivity index is 0.000000280. The zero-order valence-corrected chi connectivity index (χ0v) is 9.38. The molecule has 0 bridgehead atoms. The Hall–Kier alpha value is -1.19. The molecule has 0 saturated heterocycles. The van der Waals surface area contributed by atoms with Gasteiger partial charge in [-0.25, -0.2) is 0 Å². The summed E-state index contributed by atoms with van der Waals surface area (Å²) in [6, 6.07) is 0. The fourth-order valence-corrected chi connectivity index (χ4v) is 1.18. The largest absolute Gasteiger partial charge is 0.466 e. The topological polar surface area (TPSA) is 60.4 Å². The van der Waals surface area contributed by atoms with E-state index in [1.54, 1.807) is 6.92 Å². The molecule has 0 aliphatic heterocycles. The van der Waals surface area contributed by atoms with Gasteiger partial charge in [-0.1, -0.05) is 0 Å². The Morgan fingerprint density at radius 1 is 1.27 bits per heavy atom. The number of hydrogen-bond donors (Lipinski definition) is 0. The third-order valence-electron chi connectivity index (χ3n) is 1.86. The molecule has 0 radical (unpaired) electrons. The summed E-state index contributed by atoms with van der Waals surface area (Å²) < 4.78 is 4.49. The number of rotatable bonds is 3. The van der Waals surface area contributed by atoms with Gasteiger partial charge in [0.05, 0.1) is 6.61 Å². The van der Waals surface area contributed by atoms with Gasteiger partial charge in [0.2, 0.25) is 0 Å². The lowest BCUT2D eigenvalue weighted by Gasteiger charge is -1.96. The van der Waals surface area contributed by atoms with E-state index in [4.69, 9.17) is 0 Å². The van der Waals surface area contributed by atoms with E-state index in [9.17, 15) is 14.4 Å². The predicted molar refractivity (Wildman–Crippen MR) is 55.4 cm³/mol. The fraction of sp³-hybridized carbons (Fsp3) is 0.727. The summed E-state index contributed by atoms with van der Waals surface area (Å²) in [6.07, 6.45) is 3.87. The summed E-state index contributed by atoms with van der Waals surface area (Å²) in [7, 11) is 0. The molecule has 0 aromatic carbocycles. The molecule has 0 amide bonds. The number of carbonyl (C=O) groups excluding carboxylic acids is 3. The minimum absolute atomic E-state index is 0.103. The van der Waals surface area contributed by atoms with Crippen LogP contribution >= 0.6 is 0 Å². The average Bonchev–Trinajstić information content (AvgIpc) is 2.56. The van der Waals surface area contributed by atoms with Crippen LogP contribution in [0.4, 0.5) is 0 Å². The molecule has 0 spiro atoms. The number of carbonyl (C=O) groups is 3. The first-order valence-electron chi connectivity index (χ1n) is 5.23. The molecular weight excluding hydrogens is 196 g/mol. The van der Waals surface area contributed by atoms with Crippen molar-refractivity contribution in [1.82, 2.24) is 0 Å². The summed E-state index contributed by atoms with van der Waals surface area (Å²) in [5.74, 6) is -0.145. The van der Waals surface area contributed by atoms with Crippen LogP contribution in [0.2, 0.25) is 0 Å². The van der Waals surface area contributed by atoms with Crippen LogP contribution in [0.5, 0.6) is 0 Å². The van der Waals surface area contributed by atoms with Crippen molar-refractivity contribution in [2.24, 2.45) is 0 Å². The first-order chi connectivity index (χ1) is 7.06. The maximum atomic E-state index is 10.4. The van der Waals surface area contributed by atoms with Gasteiger partial charge in [-0.05, 0) is 26.7 Å². The van der Waals surface area contributed by atoms with E-state index in [-0.39, 0.29) is 12.2 Å². The van der Waals surface area contributed by atoms with Crippen LogP contribution in [-0.2, 0) is 19.1 Å². The van der Waals surface area contributed by atoms with Crippen molar-refractivity contribution in [3.8, 4) is 0 Å². The molecule has 1 saturated carbocycles. The van der Waals surface area contributed by atoms with Gasteiger partial charge in [-0.2, -0.15) is 0 Å². The molecule has 1 aliphatic rings. The molecule has 86 valence electrons. The van der Waals surface area contributed by atoms with E-state index < -0.39 is 5.97 Å². The number of ketones is 2. The van der Waals surface area contributed by atoms with Crippen molar-refractivity contribution in [2.45, 2.75) is 46.0 Å². The minimum Gasteiger partial charge on any atom is -0.466 e. The van der Waals surface area contributed by atoms with E-state index in [1.165, 1.54) is 6.92 Å². The standard InChI is InChI=1S/C6H10O3.C5H8O/c1-3-9-6(8)4-5(2)7;6-5-3-1-2-4-5/h3-4H2,1-2H3;1-4H2. The number of ether oxygens (including phenoxy) is 1. The quantitative estimate of drug-likeness (QED) is 0.529. The summed E-state index contributed by atoms with van der Waals surface area (Å²) in [6.45, 7) is 3.40. The third-order valence-corrected chi connectivity index (χ3v) is 1.86. The molecule has 0 heterocycles. The Morgan fingerprint density at radius 3 is 2.07 bits per heavy atom. The molecule has 4 nitrogen and oxygen atoms in total. The van der Waals surface area contributed by atoms with E-state index in [2.05, 4.69) is 4.74 Å². The summed E-state index contributed by atoms with van der Waals surface area (Å²) in [4.78, 5) is 30.9. The first-order valence-corrected chi connectivity index (χ1v) is 5.23. The summed E-state index contributed by atoms with van der Waals surface area (Å²) in [5.41, 5.74) is 0. The second kappa shape index (κ2) is 8.15. The number of esters is 1. The van der Waals surface area contributed by atoms with E-state index in [0.717, 1.165) is 25.7 Å². The molecule has 0 N–H and O–H groups in total. The molecule has 1 aliphatic carbocycles. The lowest BCUT2D eigenvalue weighted by atomic mass is 10.3. The zero-order chi connectivity index (χ0) is 11.7. The van der Waals surface area contributed by atoms with Crippen LogP contribution in [0.1, 0.15) is 46.0 Å². The van der Waals surface area contributed by atoms with Gasteiger partial charge < -0.3 is 4.74 Å². The van der Waals surface area contributed by atoms with Crippen molar-refractivity contribution < 1.29 is 19.1 Å². The van der Waals surface area contributed by atoms with Gasteiger partial charge >= 0.3 is 5.97 Å². The monoisotopic (exact) mass is 214 g/mol. The van der Waals surface area contributed by atoms with Crippen molar-refractivity contribution in [3.63, 3.8) is 0 Å². The van der Waals surface area contributed by atoms with Crippen molar-refractivity contribution in [1.29, 1.82) is 0 Å². The van der Waals surface area contributed by atoms with Crippen LogP contribution in [0.3, 0.4) is 0 Å². The van der Waals surface area contributed by atoms with Crippen LogP contribution in [0.25, 0.3) is 0 Å². The van der Waals surface area contributed by atoms with Gasteiger partial charge in [-0.3, -0.25) is 14.4 Å². The maximum absolute atomic E-state index is 10.4. The minimum atomic E-state index is -0.440. The highest BCUT2D eigenvalue weighted by atomic mass is 16.5. The Morgan fingerprint density at radius 2 is 1.80 bits per heavy atom. The number of Topliss-reactive ketones (excluding diaryl/α,β-unsaturated/α-hetero) is 2. The lowest BCUT2D eigenvalue weighted by molar-refractivity contribution is -0.145. The highest BCUT2D eigenvalue weighted by Gasteiger charge is 2.07. The van der Waals surface area contributed by atoms with E-state index in [0.29, 0.717) is 12.4 Å². The van der Waals surface area contributed by atoms with Crippen LogP contribution in [0, 0.1) is 0 Å². The smallest absolute Gasteiger partial charge is 0.313 e. The molecule has 0 unspecified atom stereocenters. The van der Waals surface area contributed by atoms with Gasteiger partial charge in [0.25, 0.3) is 0 Å². The van der Waals surface area contributed by atoms with Gasteiger partial charge in [0.15, 0.2) is 0 Å². The molecule has 15 heavy (non-hydrogen) atoms. The third kappa shape index (κ3) is 9.12. The van der Waals surface area contributed by atoms with E-state index in [1.807, 2.05) is 0 Å². The Bertz CT molecular complexity index is 225.